The second-order valence-corrected chi connectivity index (χ2v) is 3.60. The highest BCUT2D eigenvalue weighted by atomic mass is 16.1. The van der Waals surface area contributed by atoms with Gasteiger partial charge in [-0.05, 0) is 36.6 Å². The Morgan fingerprint density at radius 2 is 2.07 bits per heavy atom. The van der Waals surface area contributed by atoms with Crippen molar-refractivity contribution in [2.45, 2.75) is 13.8 Å². The molecule has 0 aliphatic heterocycles. The molecule has 0 aliphatic carbocycles. The smallest absolute Gasteiger partial charge is 0.185 e. The van der Waals surface area contributed by atoms with Crippen molar-refractivity contribution in [2.24, 2.45) is 0 Å². The summed E-state index contributed by atoms with van der Waals surface area (Å²) < 4.78 is 0. The summed E-state index contributed by atoms with van der Waals surface area (Å²) in [4.78, 5) is 17.4. The Kier molecular flexibility index (Phi) is 2.37. The molecule has 1 aromatic heterocycles. The lowest BCUT2D eigenvalue weighted by atomic mass is 10.1. The summed E-state index contributed by atoms with van der Waals surface area (Å²) in [5, 5.41) is 0. The molecule has 2 rings (SSSR count). The van der Waals surface area contributed by atoms with E-state index in [0.29, 0.717) is 12.1 Å². The average Bonchev–Trinajstić information content (AvgIpc) is 2.70. The second-order valence-electron chi connectivity index (χ2n) is 3.60. The lowest BCUT2D eigenvalue weighted by molar-refractivity contribution is 0.111. The van der Waals surface area contributed by atoms with E-state index < -0.39 is 0 Å². The summed E-state index contributed by atoms with van der Waals surface area (Å²) in [5.74, 6) is 0.364. The van der Waals surface area contributed by atoms with Gasteiger partial charge in [-0.1, -0.05) is 12.1 Å². The molecule has 15 heavy (non-hydrogen) atoms. The van der Waals surface area contributed by atoms with Crippen molar-refractivity contribution in [3.63, 3.8) is 0 Å². The van der Waals surface area contributed by atoms with Crippen LogP contribution in [0.25, 0.3) is 11.3 Å². The molecule has 1 aromatic carbocycles. The van der Waals surface area contributed by atoms with Gasteiger partial charge in [-0.25, -0.2) is 4.98 Å². The molecule has 1 heterocycles. The van der Waals surface area contributed by atoms with Crippen LogP contribution in [0.5, 0.6) is 0 Å². The van der Waals surface area contributed by atoms with Gasteiger partial charge < -0.3 is 4.98 Å². The molecule has 3 nitrogen and oxygen atoms in total. The van der Waals surface area contributed by atoms with Crippen molar-refractivity contribution in [1.82, 2.24) is 9.97 Å². The zero-order chi connectivity index (χ0) is 10.8. The third-order valence-electron chi connectivity index (χ3n) is 2.53. The molecular weight excluding hydrogens is 188 g/mol. The van der Waals surface area contributed by atoms with E-state index in [1.807, 2.05) is 6.07 Å². The van der Waals surface area contributed by atoms with Crippen molar-refractivity contribution >= 4 is 6.29 Å². The highest BCUT2D eigenvalue weighted by Crippen LogP contribution is 2.19. The predicted molar refractivity (Wildman–Crippen MR) is 58.9 cm³/mol. The second kappa shape index (κ2) is 3.69. The minimum atomic E-state index is 0.364. The number of aromatic amines is 1. The van der Waals surface area contributed by atoms with Gasteiger partial charge in [0.1, 0.15) is 0 Å². The van der Waals surface area contributed by atoms with Crippen molar-refractivity contribution in [3.8, 4) is 11.3 Å². The van der Waals surface area contributed by atoms with Crippen LogP contribution in [-0.4, -0.2) is 16.3 Å². The molecule has 0 spiro atoms. The number of nitrogens with zero attached hydrogens (tertiary/aromatic N) is 1. The molecule has 0 unspecified atom stereocenters. The third kappa shape index (κ3) is 1.81. The molecule has 0 amide bonds. The van der Waals surface area contributed by atoms with Gasteiger partial charge in [0.05, 0.1) is 11.9 Å². The van der Waals surface area contributed by atoms with Crippen molar-refractivity contribution in [1.29, 1.82) is 0 Å². The predicted octanol–water partition coefficient (Wildman–Crippen LogP) is 2.51. The van der Waals surface area contributed by atoms with E-state index in [9.17, 15) is 4.79 Å². The Balaban J connectivity index is 2.44. The quantitative estimate of drug-likeness (QED) is 0.757. The summed E-state index contributed by atoms with van der Waals surface area (Å²) in [6.07, 6.45) is 2.39. The van der Waals surface area contributed by atoms with Crippen LogP contribution in [0.1, 0.15) is 21.7 Å². The van der Waals surface area contributed by atoms with Gasteiger partial charge in [0.15, 0.2) is 12.1 Å². The molecule has 1 N–H and O–H groups in total. The number of imidazole rings is 1. The monoisotopic (exact) mass is 200 g/mol. The van der Waals surface area contributed by atoms with Crippen molar-refractivity contribution in [2.75, 3.05) is 0 Å². The molecule has 0 radical (unpaired) electrons. The molecule has 0 bridgehead atoms. The zero-order valence-corrected chi connectivity index (χ0v) is 8.74. The Hall–Kier alpha value is -1.90. The van der Waals surface area contributed by atoms with Crippen LogP contribution in [0.2, 0.25) is 0 Å². The SMILES string of the molecule is Cc1ccc(-c2cnc(C=O)[nH]2)cc1C. The molecule has 0 aliphatic rings. The number of nitrogens with one attached hydrogen (secondary N) is 1. The van der Waals surface area contributed by atoms with E-state index in [4.69, 9.17) is 0 Å². The summed E-state index contributed by atoms with van der Waals surface area (Å²) in [7, 11) is 0. The minimum Gasteiger partial charge on any atom is -0.336 e. The Morgan fingerprint density at radius 1 is 1.27 bits per heavy atom. The maximum absolute atomic E-state index is 10.5. The standard InChI is InChI=1S/C12H12N2O/c1-8-3-4-10(5-9(8)2)11-6-13-12(7-15)14-11/h3-7H,1-2H3,(H,13,14). The van der Waals surface area contributed by atoms with E-state index in [0.717, 1.165) is 11.3 Å². The Morgan fingerprint density at radius 3 is 2.67 bits per heavy atom. The van der Waals surface area contributed by atoms with E-state index in [1.54, 1.807) is 6.20 Å². The number of hydrogen-bond acceptors (Lipinski definition) is 2. The lowest BCUT2D eigenvalue weighted by Gasteiger charge is -2.02. The van der Waals surface area contributed by atoms with E-state index in [-0.39, 0.29) is 0 Å². The molecule has 0 atom stereocenters. The van der Waals surface area contributed by atoms with Gasteiger partial charge in [-0.2, -0.15) is 0 Å². The molecule has 3 heteroatoms. The number of hydrogen-bond donors (Lipinski definition) is 1. The van der Waals surface area contributed by atoms with Crippen LogP contribution in [0, 0.1) is 13.8 Å². The number of carbonyl (C=O) groups excluding carboxylic acids is 1. The number of aryl methyl sites for hydroxylation is 2. The first-order chi connectivity index (χ1) is 7.20. The highest BCUT2D eigenvalue weighted by Gasteiger charge is 2.03. The Labute approximate surface area is 88.2 Å². The van der Waals surface area contributed by atoms with Gasteiger partial charge in [0.2, 0.25) is 0 Å². The van der Waals surface area contributed by atoms with Crippen LogP contribution in [-0.2, 0) is 0 Å². The summed E-state index contributed by atoms with van der Waals surface area (Å²) >= 11 is 0. The van der Waals surface area contributed by atoms with Crippen molar-refractivity contribution < 1.29 is 4.79 Å². The van der Waals surface area contributed by atoms with Crippen LogP contribution in [0.4, 0.5) is 0 Å². The first-order valence-electron chi connectivity index (χ1n) is 4.78. The summed E-state index contributed by atoms with van der Waals surface area (Å²) in [6, 6.07) is 6.16. The van der Waals surface area contributed by atoms with E-state index >= 15 is 0 Å². The molecule has 76 valence electrons. The molecule has 0 saturated carbocycles. The summed E-state index contributed by atoms with van der Waals surface area (Å²) in [6.45, 7) is 4.14. The van der Waals surface area contributed by atoms with Crippen LogP contribution in [0.3, 0.4) is 0 Å². The number of aromatic nitrogens is 2. The maximum Gasteiger partial charge on any atom is 0.185 e. The van der Waals surface area contributed by atoms with Gasteiger partial charge >= 0.3 is 0 Å². The maximum atomic E-state index is 10.5. The fourth-order valence-corrected chi connectivity index (χ4v) is 1.45. The minimum absolute atomic E-state index is 0.364. The van der Waals surface area contributed by atoms with Gasteiger partial charge in [-0.3, -0.25) is 4.79 Å². The van der Waals surface area contributed by atoms with Crippen LogP contribution >= 0.6 is 0 Å². The van der Waals surface area contributed by atoms with Crippen LogP contribution in [0.15, 0.2) is 24.4 Å². The van der Waals surface area contributed by atoms with Gasteiger partial charge in [-0.15, -0.1) is 0 Å². The zero-order valence-electron chi connectivity index (χ0n) is 8.74. The molecule has 0 saturated heterocycles. The lowest BCUT2D eigenvalue weighted by Crippen LogP contribution is -1.84. The molecule has 0 fully saturated rings. The third-order valence-corrected chi connectivity index (χ3v) is 2.53. The molecule has 2 aromatic rings. The first-order valence-corrected chi connectivity index (χ1v) is 4.78. The van der Waals surface area contributed by atoms with E-state index in [2.05, 4.69) is 35.9 Å². The highest BCUT2D eigenvalue weighted by molar-refractivity contribution is 5.72. The fourth-order valence-electron chi connectivity index (χ4n) is 1.45. The number of H-pyrrole nitrogens is 1. The summed E-state index contributed by atoms with van der Waals surface area (Å²) in [5.41, 5.74) is 4.42. The molecular formula is C12H12N2O. The normalized spacial score (nSPS) is 10.3. The van der Waals surface area contributed by atoms with Gasteiger partial charge in [0, 0.05) is 0 Å². The number of carbonyl (C=O) groups is 1. The van der Waals surface area contributed by atoms with E-state index in [1.165, 1.54) is 11.1 Å². The topological polar surface area (TPSA) is 45.8 Å². The average molecular weight is 200 g/mol. The largest absolute Gasteiger partial charge is 0.336 e. The van der Waals surface area contributed by atoms with Gasteiger partial charge in [0.25, 0.3) is 0 Å². The number of rotatable bonds is 2. The van der Waals surface area contributed by atoms with Crippen molar-refractivity contribution in [3.05, 3.63) is 41.3 Å². The van der Waals surface area contributed by atoms with Crippen LogP contribution < -0.4 is 0 Å². The number of benzene rings is 1. The Bertz CT molecular complexity index is 500. The fraction of sp³-hybridized carbons (Fsp3) is 0.167. The number of aldehydes is 1. The first kappa shape index (κ1) is 9.65.